The van der Waals surface area contributed by atoms with Crippen LogP contribution in [0.25, 0.3) is 33.2 Å². The predicted octanol–water partition coefficient (Wildman–Crippen LogP) is 3.98. The number of amides is 4. The molecule has 16 heteroatoms. The third-order valence-corrected chi connectivity index (χ3v) is 12.6. The van der Waals surface area contributed by atoms with Crippen molar-refractivity contribution < 1.29 is 37.5 Å². The number of carbonyl (C=O) groups excluding carboxylic acids is 4. The lowest BCUT2D eigenvalue weighted by molar-refractivity contribution is -0.139. The molecule has 2 aliphatic heterocycles. The van der Waals surface area contributed by atoms with Gasteiger partial charge in [0.05, 0.1) is 42.6 Å². The maximum atomic E-state index is 15.7. The van der Waals surface area contributed by atoms with Crippen molar-refractivity contribution in [3.63, 3.8) is 0 Å². The highest BCUT2D eigenvalue weighted by atomic mass is 19.1. The average Bonchev–Trinajstić information content (AvgIpc) is 3.99. The van der Waals surface area contributed by atoms with Crippen LogP contribution in [0.15, 0.2) is 36.4 Å². The number of alkyl halides is 1. The SMILES string of the molecule is CCC(NC(=O)CNC)C(=O)N1CC(O)CC1Cc1c(-c2[nH]c3cc(F)ccc3c2CC2CC(F)CN2C(=O)C(NC(=O)CNC)C2CCCCC2)[nH]c2c(F)cccc12. The van der Waals surface area contributed by atoms with E-state index in [4.69, 9.17) is 0 Å². The van der Waals surface area contributed by atoms with Crippen molar-refractivity contribution >= 4 is 45.4 Å². The molecule has 4 amide bonds. The largest absolute Gasteiger partial charge is 0.391 e. The molecule has 2 aromatic carbocycles. The molecule has 4 aromatic rings. The van der Waals surface area contributed by atoms with Crippen molar-refractivity contribution in [2.24, 2.45) is 5.92 Å². The number of benzene rings is 2. The summed E-state index contributed by atoms with van der Waals surface area (Å²) in [6.45, 7) is 1.78. The molecule has 1 saturated carbocycles. The Morgan fingerprint density at radius 3 is 2.17 bits per heavy atom. The molecule has 324 valence electrons. The van der Waals surface area contributed by atoms with E-state index in [1.807, 2.05) is 0 Å². The van der Waals surface area contributed by atoms with E-state index in [0.29, 0.717) is 45.2 Å². The number of aromatic amines is 2. The van der Waals surface area contributed by atoms with E-state index in [0.717, 1.165) is 32.1 Å². The first-order chi connectivity index (χ1) is 28.9. The lowest BCUT2D eigenvalue weighted by Crippen LogP contribution is -2.55. The molecule has 4 heterocycles. The highest BCUT2D eigenvalue weighted by molar-refractivity contribution is 5.97. The van der Waals surface area contributed by atoms with Crippen molar-refractivity contribution in [3.8, 4) is 11.4 Å². The summed E-state index contributed by atoms with van der Waals surface area (Å²) in [4.78, 5) is 63.8. The Kier molecular flexibility index (Phi) is 13.5. The lowest BCUT2D eigenvalue weighted by atomic mass is 9.83. The van der Waals surface area contributed by atoms with Gasteiger partial charge in [0.15, 0.2) is 0 Å². The maximum Gasteiger partial charge on any atom is 0.245 e. The molecule has 2 saturated heterocycles. The normalized spacial score (nSPS) is 22.1. The average molecular weight is 835 g/mol. The highest BCUT2D eigenvalue weighted by Gasteiger charge is 2.43. The van der Waals surface area contributed by atoms with E-state index in [1.165, 1.54) is 18.2 Å². The Labute approximate surface area is 347 Å². The molecule has 3 fully saturated rings. The lowest BCUT2D eigenvalue weighted by Gasteiger charge is -2.35. The molecular weight excluding hydrogens is 778 g/mol. The topological polar surface area (TPSA) is 175 Å². The van der Waals surface area contributed by atoms with Crippen LogP contribution in [0, 0.1) is 17.6 Å². The third-order valence-electron chi connectivity index (χ3n) is 12.6. The zero-order valence-electron chi connectivity index (χ0n) is 34.5. The number of rotatable bonds is 15. The summed E-state index contributed by atoms with van der Waals surface area (Å²) < 4.78 is 46.2. The molecule has 0 radical (unpaired) electrons. The number of hydrogen-bond acceptors (Lipinski definition) is 7. The number of carbonyl (C=O) groups is 4. The van der Waals surface area contributed by atoms with Gasteiger partial charge >= 0.3 is 0 Å². The number of fused-ring (bicyclic) bond motifs is 2. The van der Waals surface area contributed by atoms with Crippen LogP contribution in [-0.2, 0) is 32.0 Å². The monoisotopic (exact) mass is 834 g/mol. The molecule has 60 heavy (non-hydrogen) atoms. The van der Waals surface area contributed by atoms with Gasteiger partial charge in [-0.1, -0.05) is 38.3 Å². The second kappa shape index (κ2) is 18.8. The summed E-state index contributed by atoms with van der Waals surface area (Å²) in [5.74, 6) is -2.39. The van der Waals surface area contributed by atoms with Gasteiger partial charge < -0.3 is 46.1 Å². The molecule has 6 atom stereocenters. The number of hydrogen-bond donors (Lipinski definition) is 7. The predicted molar refractivity (Wildman–Crippen MR) is 223 cm³/mol. The summed E-state index contributed by atoms with van der Waals surface area (Å²) in [7, 11) is 3.29. The summed E-state index contributed by atoms with van der Waals surface area (Å²) in [5, 5.41) is 23.5. The summed E-state index contributed by atoms with van der Waals surface area (Å²) >= 11 is 0. The minimum absolute atomic E-state index is 0.0317. The number of nitrogens with zero attached hydrogens (tertiary/aromatic N) is 2. The minimum atomic E-state index is -1.31. The first-order valence-electron chi connectivity index (χ1n) is 21.3. The molecule has 13 nitrogen and oxygen atoms in total. The zero-order chi connectivity index (χ0) is 42.7. The molecule has 2 aromatic heterocycles. The standard InChI is InChI=1S/C44H57F3N8O5/c1-4-35(50-37(57)20-48-2)43(59)55-23-29(56)17-28(55)19-33-31-11-8-12-34(47)40(31)53-42(33)41-32(30-14-13-25(45)16-36(30)51-41)18-27-15-26(46)22-54(27)44(60)39(52-38(58)21-49-3)24-9-6-5-7-10-24/h8,11-14,16,24,26-29,35,39,48-49,51,53,56H,4-7,9-10,15,17-23H2,1-3H3,(H,50,57)(H,52,58). The summed E-state index contributed by atoms with van der Waals surface area (Å²) in [6.07, 6.45) is 3.32. The molecule has 0 bridgehead atoms. The fourth-order valence-corrected chi connectivity index (χ4v) is 9.82. The Morgan fingerprint density at radius 1 is 0.817 bits per heavy atom. The van der Waals surface area contributed by atoms with Crippen LogP contribution >= 0.6 is 0 Å². The molecule has 7 N–H and O–H groups in total. The number of H-pyrrole nitrogens is 2. The van der Waals surface area contributed by atoms with E-state index in [-0.39, 0.29) is 86.9 Å². The third kappa shape index (κ3) is 9.05. The molecular formula is C44H57F3N8O5. The van der Waals surface area contributed by atoms with Gasteiger partial charge in [-0.15, -0.1) is 0 Å². The number of aromatic nitrogens is 2. The number of para-hydroxylation sites is 1. The molecule has 7 rings (SSSR count). The second-order valence-corrected chi connectivity index (χ2v) is 16.8. The van der Waals surface area contributed by atoms with E-state index >= 15 is 8.78 Å². The van der Waals surface area contributed by atoms with Crippen LogP contribution in [0.4, 0.5) is 13.2 Å². The van der Waals surface area contributed by atoms with Crippen molar-refractivity contribution in [1.82, 2.24) is 41.0 Å². The smallest absolute Gasteiger partial charge is 0.245 e. The number of nitrogens with one attached hydrogen (secondary N) is 6. The van der Waals surface area contributed by atoms with Crippen LogP contribution in [0.5, 0.6) is 0 Å². The van der Waals surface area contributed by atoms with Crippen LogP contribution in [0.1, 0.15) is 69.4 Å². The summed E-state index contributed by atoms with van der Waals surface area (Å²) in [6, 6.07) is 6.27. The molecule has 0 spiro atoms. The Hall–Kier alpha value is -4.93. The molecule has 1 aliphatic carbocycles. The summed E-state index contributed by atoms with van der Waals surface area (Å²) in [5.41, 5.74) is 2.97. The van der Waals surface area contributed by atoms with Gasteiger partial charge in [-0.2, -0.15) is 0 Å². The Bertz CT molecular complexity index is 2200. The van der Waals surface area contributed by atoms with Crippen LogP contribution in [-0.4, -0.2) is 125 Å². The maximum absolute atomic E-state index is 15.7. The number of aliphatic hydroxyl groups is 1. The number of aliphatic hydroxyl groups excluding tert-OH is 1. The van der Waals surface area contributed by atoms with Gasteiger partial charge in [-0.25, -0.2) is 13.2 Å². The van der Waals surface area contributed by atoms with Crippen LogP contribution in [0.3, 0.4) is 0 Å². The first-order valence-corrected chi connectivity index (χ1v) is 21.3. The molecule has 6 unspecified atom stereocenters. The Balaban J connectivity index is 1.27. The van der Waals surface area contributed by atoms with Crippen molar-refractivity contribution in [2.75, 3.05) is 40.3 Å². The van der Waals surface area contributed by atoms with Crippen molar-refractivity contribution in [3.05, 3.63) is 59.2 Å². The van der Waals surface area contributed by atoms with Gasteiger partial charge in [0, 0.05) is 41.3 Å². The Morgan fingerprint density at radius 2 is 1.47 bits per heavy atom. The van der Waals surface area contributed by atoms with Gasteiger partial charge in [-0.05, 0) is 93.9 Å². The van der Waals surface area contributed by atoms with Crippen LogP contribution in [0.2, 0.25) is 0 Å². The highest BCUT2D eigenvalue weighted by Crippen LogP contribution is 2.40. The van der Waals surface area contributed by atoms with E-state index in [1.54, 1.807) is 49.0 Å². The molecule has 3 aliphatic rings. The minimum Gasteiger partial charge on any atom is -0.391 e. The number of likely N-dealkylation sites (tertiary alicyclic amines) is 2. The van der Waals surface area contributed by atoms with Crippen molar-refractivity contribution in [2.45, 2.75) is 108 Å². The quantitative estimate of drug-likeness (QED) is 0.0949. The van der Waals surface area contributed by atoms with Gasteiger partial charge in [0.25, 0.3) is 0 Å². The van der Waals surface area contributed by atoms with E-state index in [2.05, 4.69) is 31.2 Å². The van der Waals surface area contributed by atoms with Gasteiger partial charge in [0.2, 0.25) is 23.6 Å². The van der Waals surface area contributed by atoms with Crippen LogP contribution < -0.4 is 21.3 Å². The van der Waals surface area contributed by atoms with E-state index < -0.39 is 48.1 Å². The fourth-order valence-electron chi connectivity index (χ4n) is 9.82. The first kappa shape index (κ1) is 43.2. The second-order valence-electron chi connectivity index (χ2n) is 16.8. The van der Waals surface area contributed by atoms with Gasteiger partial charge in [-0.3, -0.25) is 19.2 Å². The number of β-amino-alcohol motifs (C(OH)–C–C–N with tert-alkyl or cyclic N) is 1. The van der Waals surface area contributed by atoms with Gasteiger partial charge in [0.1, 0.15) is 29.9 Å². The number of halogens is 3. The van der Waals surface area contributed by atoms with E-state index in [9.17, 15) is 28.7 Å². The zero-order valence-corrected chi connectivity index (χ0v) is 34.5. The van der Waals surface area contributed by atoms with Crippen molar-refractivity contribution in [1.29, 1.82) is 0 Å². The fraction of sp³-hybridized carbons (Fsp3) is 0.545. The number of likely N-dealkylation sites (N-methyl/N-ethyl adjacent to an activating group) is 2.